The molecule has 5 nitrogen and oxygen atoms in total. The Hall–Kier alpha value is -3.00. The normalized spacial score (nSPS) is 14.7. The monoisotopic (exact) mass is 517 g/mol. The van der Waals surface area contributed by atoms with Gasteiger partial charge in [0, 0.05) is 15.6 Å². The molecule has 3 aromatic carbocycles. The zero-order chi connectivity index (χ0) is 24.2. The lowest BCUT2D eigenvalue weighted by Gasteiger charge is -2.13. The Labute approximate surface area is 210 Å². The van der Waals surface area contributed by atoms with Crippen LogP contribution in [0.25, 0.3) is 6.08 Å². The smallest absolute Gasteiger partial charge is 0.293 e. The molecule has 0 unspecified atom stereocenters. The van der Waals surface area contributed by atoms with Crippen molar-refractivity contribution in [2.45, 2.75) is 13.2 Å². The van der Waals surface area contributed by atoms with Crippen LogP contribution in [0.5, 0.6) is 11.5 Å². The first-order valence-corrected chi connectivity index (χ1v) is 11.7. The van der Waals surface area contributed by atoms with E-state index in [-0.39, 0.29) is 29.1 Å². The highest BCUT2D eigenvalue weighted by Gasteiger charge is 2.35. The Balaban J connectivity index is 1.52. The SMILES string of the molecule is COc1ccc(/C=C2\SC(=O)N(Cc3ccc(F)cc3)C2=O)cc1OCc1ccc(Cl)cc1Cl. The number of hydrogen-bond donors (Lipinski definition) is 0. The van der Waals surface area contributed by atoms with Gasteiger partial charge in [-0.25, -0.2) is 4.39 Å². The molecule has 0 atom stereocenters. The van der Waals surface area contributed by atoms with Crippen LogP contribution in [-0.2, 0) is 17.9 Å². The van der Waals surface area contributed by atoms with Crippen LogP contribution < -0.4 is 9.47 Å². The molecule has 0 aromatic heterocycles. The third-order valence-corrected chi connectivity index (χ3v) is 6.51. The molecule has 0 aliphatic carbocycles. The summed E-state index contributed by atoms with van der Waals surface area (Å²) in [6.07, 6.45) is 1.62. The molecule has 0 bridgehead atoms. The van der Waals surface area contributed by atoms with Gasteiger partial charge in [0.1, 0.15) is 12.4 Å². The summed E-state index contributed by atoms with van der Waals surface area (Å²) in [5, 5.41) is 0.627. The second kappa shape index (κ2) is 10.5. The number of benzene rings is 3. The fourth-order valence-corrected chi connectivity index (χ4v) is 4.55. The molecule has 174 valence electrons. The first-order valence-electron chi connectivity index (χ1n) is 10.1. The van der Waals surface area contributed by atoms with Crippen molar-refractivity contribution in [3.8, 4) is 11.5 Å². The van der Waals surface area contributed by atoms with Crippen molar-refractivity contribution in [1.82, 2.24) is 4.90 Å². The van der Waals surface area contributed by atoms with Crippen molar-refractivity contribution in [1.29, 1.82) is 0 Å². The van der Waals surface area contributed by atoms with Gasteiger partial charge in [-0.05, 0) is 65.4 Å². The van der Waals surface area contributed by atoms with E-state index in [1.807, 2.05) is 0 Å². The number of carbonyl (C=O) groups is 2. The number of thioether (sulfide) groups is 1. The second-order valence-electron chi connectivity index (χ2n) is 7.33. The number of carbonyl (C=O) groups excluding carboxylic acids is 2. The fraction of sp³-hybridized carbons (Fsp3) is 0.120. The average molecular weight is 518 g/mol. The van der Waals surface area contributed by atoms with E-state index in [0.29, 0.717) is 32.7 Å². The van der Waals surface area contributed by atoms with E-state index in [1.165, 1.54) is 19.2 Å². The summed E-state index contributed by atoms with van der Waals surface area (Å²) < 4.78 is 24.4. The molecule has 9 heteroatoms. The summed E-state index contributed by atoms with van der Waals surface area (Å²) in [5.41, 5.74) is 2.07. The second-order valence-corrected chi connectivity index (χ2v) is 9.17. The van der Waals surface area contributed by atoms with Crippen molar-refractivity contribution in [2.24, 2.45) is 0 Å². The molecule has 1 fully saturated rings. The Kier molecular flexibility index (Phi) is 7.46. The summed E-state index contributed by atoms with van der Waals surface area (Å²) >= 11 is 13.0. The molecule has 0 radical (unpaired) electrons. The molecular formula is C25H18Cl2FNO4S. The first kappa shape index (κ1) is 24.1. The van der Waals surface area contributed by atoms with Gasteiger partial charge in [-0.15, -0.1) is 0 Å². The summed E-state index contributed by atoms with van der Waals surface area (Å²) in [6, 6.07) is 16.0. The number of rotatable bonds is 7. The largest absolute Gasteiger partial charge is 0.493 e. The van der Waals surface area contributed by atoms with Gasteiger partial charge in [0.05, 0.1) is 18.6 Å². The highest BCUT2D eigenvalue weighted by atomic mass is 35.5. The van der Waals surface area contributed by atoms with Gasteiger partial charge in [-0.2, -0.15) is 0 Å². The zero-order valence-electron chi connectivity index (χ0n) is 17.9. The van der Waals surface area contributed by atoms with Gasteiger partial charge < -0.3 is 9.47 Å². The molecule has 1 heterocycles. The highest BCUT2D eigenvalue weighted by Crippen LogP contribution is 2.36. The third kappa shape index (κ3) is 5.55. The van der Waals surface area contributed by atoms with Crippen LogP contribution in [0.3, 0.4) is 0 Å². The number of nitrogens with zero attached hydrogens (tertiary/aromatic N) is 1. The summed E-state index contributed by atoms with van der Waals surface area (Å²) in [7, 11) is 1.53. The standard InChI is InChI=1S/C25H18Cl2FNO4S/c1-32-21-9-4-16(10-22(21)33-14-17-5-6-18(26)12-20(17)27)11-23-24(30)29(25(31)34-23)13-15-2-7-19(28)8-3-15/h2-12H,13-14H2,1H3/b23-11-. The molecule has 1 saturated heterocycles. The van der Waals surface area contributed by atoms with Gasteiger partial charge >= 0.3 is 0 Å². The topological polar surface area (TPSA) is 55.8 Å². The third-order valence-electron chi connectivity index (χ3n) is 5.01. The first-order chi connectivity index (χ1) is 16.3. The van der Waals surface area contributed by atoms with Gasteiger partial charge in [0.2, 0.25) is 0 Å². The molecular weight excluding hydrogens is 500 g/mol. The van der Waals surface area contributed by atoms with Crippen LogP contribution in [0.4, 0.5) is 9.18 Å². The molecule has 0 N–H and O–H groups in total. The van der Waals surface area contributed by atoms with E-state index in [9.17, 15) is 14.0 Å². The highest BCUT2D eigenvalue weighted by molar-refractivity contribution is 8.18. The van der Waals surface area contributed by atoms with Crippen molar-refractivity contribution < 1.29 is 23.5 Å². The molecule has 4 rings (SSSR count). The van der Waals surface area contributed by atoms with Gasteiger partial charge in [-0.1, -0.05) is 47.5 Å². The van der Waals surface area contributed by atoms with Crippen molar-refractivity contribution in [3.05, 3.63) is 98.1 Å². The maximum Gasteiger partial charge on any atom is 0.293 e. The molecule has 3 aromatic rings. The molecule has 0 saturated carbocycles. The molecule has 0 spiro atoms. The van der Waals surface area contributed by atoms with Gasteiger partial charge in [-0.3, -0.25) is 14.5 Å². The predicted octanol–water partition coefficient (Wildman–Crippen LogP) is 6.96. The number of ether oxygens (including phenoxy) is 2. The van der Waals surface area contributed by atoms with Crippen molar-refractivity contribution >= 4 is 52.2 Å². The minimum atomic E-state index is -0.412. The quantitative estimate of drug-likeness (QED) is 0.317. The number of imide groups is 1. The predicted molar refractivity (Wildman–Crippen MR) is 132 cm³/mol. The van der Waals surface area contributed by atoms with E-state index in [1.54, 1.807) is 54.6 Å². The van der Waals surface area contributed by atoms with E-state index >= 15 is 0 Å². The number of amides is 2. The summed E-state index contributed by atoms with van der Waals surface area (Å²) in [4.78, 5) is 26.7. The van der Waals surface area contributed by atoms with Gasteiger partial charge in [0.25, 0.3) is 11.1 Å². The van der Waals surface area contributed by atoms with Crippen molar-refractivity contribution in [3.63, 3.8) is 0 Å². The Bertz CT molecular complexity index is 1280. The maximum absolute atomic E-state index is 13.1. The van der Waals surface area contributed by atoms with E-state index < -0.39 is 5.91 Å². The minimum absolute atomic E-state index is 0.0705. The lowest BCUT2D eigenvalue weighted by atomic mass is 10.1. The van der Waals surface area contributed by atoms with Crippen LogP contribution in [0.2, 0.25) is 10.0 Å². The Morgan fingerprint density at radius 3 is 2.47 bits per heavy atom. The Morgan fingerprint density at radius 1 is 1.00 bits per heavy atom. The molecule has 2 amide bonds. The lowest BCUT2D eigenvalue weighted by Crippen LogP contribution is -2.27. The zero-order valence-corrected chi connectivity index (χ0v) is 20.2. The summed E-state index contributed by atoms with van der Waals surface area (Å²) in [6.45, 7) is 0.255. The van der Waals surface area contributed by atoms with E-state index in [0.717, 1.165) is 22.2 Å². The van der Waals surface area contributed by atoms with Crippen LogP contribution in [0, 0.1) is 5.82 Å². The summed E-state index contributed by atoms with van der Waals surface area (Å²) in [5.74, 6) is 0.165. The average Bonchev–Trinajstić information content (AvgIpc) is 3.07. The van der Waals surface area contributed by atoms with Crippen LogP contribution in [-0.4, -0.2) is 23.2 Å². The van der Waals surface area contributed by atoms with Crippen LogP contribution in [0.15, 0.2) is 65.6 Å². The minimum Gasteiger partial charge on any atom is -0.493 e. The molecule has 34 heavy (non-hydrogen) atoms. The lowest BCUT2D eigenvalue weighted by molar-refractivity contribution is -0.123. The van der Waals surface area contributed by atoms with Crippen LogP contribution in [0.1, 0.15) is 16.7 Å². The fourth-order valence-electron chi connectivity index (χ4n) is 3.25. The Morgan fingerprint density at radius 2 is 1.76 bits per heavy atom. The number of methoxy groups -OCH3 is 1. The molecule has 1 aliphatic heterocycles. The molecule has 1 aliphatic rings. The maximum atomic E-state index is 13.1. The van der Waals surface area contributed by atoms with Gasteiger partial charge in [0.15, 0.2) is 11.5 Å². The number of halogens is 3. The van der Waals surface area contributed by atoms with Crippen molar-refractivity contribution in [2.75, 3.05) is 7.11 Å². The van der Waals surface area contributed by atoms with E-state index in [4.69, 9.17) is 32.7 Å². The van der Waals surface area contributed by atoms with Crippen LogP contribution >= 0.6 is 35.0 Å². The number of hydrogen-bond acceptors (Lipinski definition) is 5. The van der Waals surface area contributed by atoms with E-state index in [2.05, 4.69) is 0 Å².